The van der Waals surface area contributed by atoms with Crippen LogP contribution in [0.15, 0.2) is 54.6 Å². The zero-order valence-corrected chi connectivity index (χ0v) is 17.0. The van der Waals surface area contributed by atoms with E-state index in [0.29, 0.717) is 11.3 Å². The van der Waals surface area contributed by atoms with Crippen molar-refractivity contribution in [3.63, 3.8) is 0 Å². The quantitative estimate of drug-likeness (QED) is 0.618. The third-order valence-corrected chi connectivity index (χ3v) is 5.21. The van der Waals surface area contributed by atoms with Crippen LogP contribution >= 0.6 is 11.8 Å². The molecule has 0 bridgehead atoms. The average Bonchev–Trinajstić information content (AvgIpc) is 3.52. The summed E-state index contributed by atoms with van der Waals surface area (Å²) in [5, 5.41) is 5.66. The molecule has 0 heterocycles. The summed E-state index contributed by atoms with van der Waals surface area (Å²) in [7, 11) is 0. The molecule has 2 amide bonds. The van der Waals surface area contributed by atoms with Crippen LogP contribution in [0.2, 0.25) is 0 Å². The van der Waals surface area contributed by atoms with E-state index in [1.165, 1.54) is 0 Å². The van der Waals surface area contributed by atoms with Crippen molar-refractivity contribution in [3.8, 4) is 0 Å². The molecule has 1 saturated carbocycles. The fourth-order valence-corrected chi connectivity index (χ4v) is 3.23. The first-order chi connectivity index (χ1) is 14.0. The number of anilines is 1. The Labute approximate surface area is 174 Å². The molecular weight excluding hydrogens is 388 g/mol. The first-order valence-corrected chi connectivity index (χ1v) is 10.7. The van der Waals surface area contributed by atoms with Gasteiger partial charge in [-0.3, -0.25) is 14.4 Å². The van der Waals surface area contributed by atoms with E-state index in [-0.39, 0.29) is 29.4 Å². The monoisotopic (exact) mass is 412 g/mol. The van der Waals surface area contributed by atoms with E-state index in [2.05, 4.69) is 10.6 Å². The number of benzene rings is 2. The number of hydrogen-bond donors (Lipinski definition) is 2. The molecule has 0 aromatic heterocycles. The predicted molar refractivity (Wildman–Crippen MR) is 114 cm³/mol. The standard InChI is InChI=1S/C22H24N2O4S/c1-15-7-9-17(10-8-15)23-19(25)13-29-14-20(26)28-21(16-5-3-2-4-6-16)22(27)24-18-11-12-18/h2-10,18,21H,11-14H2,1H3,(H,23,25)(H,24,27)/t21-/m0/s1. The van der Waals surface area contributed by atoms with Crippen LogP contribution in [-0.2, 0) is 19.1 Å². The molecule has 0 radical (unpaired) electrons. The molecule has 3 rings (SSSR count). The summed E-state index contributed by atoms with van der Waals surface area (Å²) in [5.41, 5.74) is 2.45. The van der Waals surface area contributed by atoms with E-state index in [1.54, 1.807) is 24.3 Å². The SMILES string of the molecule is Cc1ccc(NC(=O)CSCC(=O)O[C@H](C(=O)NC2CC2)c2ccccc2)cc1. The third kappa shape index (κ3) is 6.94. The molecule has 1 fully saturated rings. The van der Waals surface area contributed by atoms with Crippen LogP contribution in [0.4, 0.5) is 5.69 Å². The van der Waals surface area contributed by atoms with Crippen LogP contribution in [0, 0.1) is 6.92 Å². The van der Waals surface area contributed by atoms with Gasteiger partial charge in [0.1, 0.15) is 0 Å². The molecule has 2 aromatic carbocycles. The lowest BCUT2D eigenvalue weighted by Gasteiger charge is -2.18. The van der Waals surface area contributed by atoms with Crippen molar-refractivity contribution < 1.29 is 19.1 Å². The number of nitrogens with one attached hydrogen (secondary N) is 2. The fourth-order valence-electron chi connectivity index (χ4n) is 2.63. The number of esters is 1. The molecule has 1 atom stereocenters. The minimum Gasteiger partial charge on any atom is -0.447 e. The fraction of sp³-hybridized carbons (Fsp3) is 0.318. The van der Waals surface area contributed by atoms with Crippen LogP contribution in [0.1, 0.15) is 30.1 Å². The molecule has 0 aliphatic heterocycles. The summed E-state index contributed by atoms with van der Waals surface area (Å²) < 4.78 is 5.44. The Hall–Kier alpha value is -2.80. The summed E-state index contributed by atoms with van der Waals surface area (Å²) in [6.45, 7) is 1.97. The van der Waals surface area contributed by atoms with E-state index in [1.807, 2.05) is 37.3 Å². The van der Waals surface area contributed by atoms with Crippen molar-refractivity contribution >= 4 is 35.2 Å². The Morgan fingerprint density at radius 2 is 1.72 bits per heavy atom. The largest absolute Gasteiger partial charge is 0.447 e. The second kappa shape index (κ2) is 10.1. The molecule has 1 aliphatic carbocycles. The van der Waals surface area contributed by atoms with E-state index < -0.39 is 12.1 Å². The van der Waals surface area contributed by atoms with E-state index >= 15 is 0 Å². The van der Waals surface area contributed by atoms with Crippen LogP contribution in [0.5, 0.6) is 0 Å². The highest BCUT2D eigenvalue weighted by molar-refractivity contribution is 8.00. The van der Waals surface area contributed by atoms with Gasteiger partial charge in [0, 0.05) is 17.3 Å². The molecule has 0 spiro atoms. The van der Waals surface area contributed by atoms with Crippen LogP contribution < -0.4 is 10.6 Å². The first kappa shape index (κ1) is 20.9. The number of ether oxygens (including phenoxy) is 1. The Bertz CT molecular complexity index is 851. The second-order valence-electron chi connectivity index (χ2n) is 6.97. The van der Waals surface area contributed by atoms with Gasteiger partial charge in [-0.2, -0.15) is 0 Å². The summed E-state index contributed by atoms with van der Waals surface area (Å²) >= 11 is 1.15. The van der Waals surface area contributed by atoms with Gasteiger partial charge < -0.3 is 15.4 Å². The van der Waals surface area contributed by atoms with Crippen molar-refractivity contribution in [2.75, 3.05) is 16.8 Å². The maximum atomic E-state index is 12.5. The number of aryl methyl sites for hydroxylation is 1. The van der Waals surface area contributed by atoms with Crippen molar-refractivity contribution in [2.45, 2.75) is 31.9 Å². The van der Waals surface area contributed by atoms with Gasteiger partial charge in [0.05, 0.1) is 11.5 Å². The van der Waals surface area contributed by atoms with Crippen molar-refractivity contribution in [1.29, 1.82) is 0 Å². The molecule has 2 N–H and O–H groups in total. The maximum Gasteiger partial charge on any atom is 0.317 e. The topological polar surface area (TPSA) is 84.5 Å². The van der Waals surface area contributed by atoms with Crippen LogP contribution in [0.25, 0.3) is 0 Å². The number of carbonyl (C=O) groups is 3. The minimum atomic E-state index is -0.980. The normalized spacial score (nSPS) is 14.0. The van der Waals surface area contributed by atoms with Gasteiger partial charge in [0.2, 0.25) is 12.0 Å². The number of carbonyl (C=O) groups excluding carboxylic acids is 3. The smallest absolute Gasteiger partial charge is 0.317 e. The van der Waals surface area contributed by atoms with Gasteiger partial charge in [-0.05, 0) is 31.9 Å². The van der Waals surface area contributed by atoms with Crippen molar-refractivity contribution in [2.24, 2.45) is 0 Å². The molecule has 1 aliphatic rings. The molecular formula is C22H24N2O4S. The van der Waals surface area contributed by atoms with Gasteiger partial charge in [0.15, 0.2) is 0 Å². The zero-order chi connectivity index (χ0) is 20.6. The molecule has 7 heteroatoms. The predicted octanol–water partition coefficient (Wildman–Crippen LogP) is 3.23. The van der Waals surface area contributed by atoms with Crippen LogP contribution in [-0.4, -0.2) is 35.3 Å². The van der Waals surface area contributed by atoms with Gasteiger partial charge in [-0.1, -0.05) is 48.0 Å². The number of hydrogen-bond acceptors (Lipinski definition) is 5. The van der Waals surface area contributed by atoms with E-state index in [4.69, 9.17) is 4.74 Å². The first-order valence-electron chi connectivity index (χ1n) is 9.50. The molecule has 2 aromatic rings. The molecule has 6 nitrogen and oxygen atoms in total. The highest BCUT2D eigenvalue weighted by atomic mass is 32.2. The Kier molecular flexibility index (Phi) is 7.30. The average molecular weight is 413 g/mol. The minimum absolute atomic E-state index is 0.0125. The molecule has 0 saturated heterocycles. The lowest BCUT2D eigenvalue weighted by molar-refractivity contribution is -0.154. The van der Waals surface area contributed by atoms with E-state index in [0.717, 1.165) is 30.2 Å². The second-order valence-corrected chi connectivity index (χ2v) is 7.96. The number of amides is 2. The Morgan fingerprint density at radius 1 is 1.03 bits per heavy atom. The number of rotatable bonds is 9. The highest BCUT2D eigenvalue weighted by Crippen LogP contribution is 2.23. The summed E-state index contributed by atoms with van der Waals surface area (Å²) in [5.74, 6) is -0.931. The van der Waals surface area contributed by atoms with Crippen molar-refractivity contribution in [3.05, 3.63) is 65.7 Å². The zero-order valence-electron chi connectivity index (χ0n) is 16.2. The van der Waals surface area contributed by atoms with Crippen molar-refractivity contribution in [1.82, 2.24) is 5.32 Å². The highest BCUT2D eigenvalue weighted by Gasteiger charge is 2.30. The van der Waals surface area contributed by atoms with Gasteiger partial charge in [0.25, 0.3) is 5.91 Å². The van der Waals surface area contributed by atoms with Crippen LogP contribution in [0.3, 0.4) is 0 Å². The molecule has 0 unspecified atom stereocenters. The maximum absolute atomic E-state index is 12.5. The lowest BCUT2D eigenvalue weighted by atomic mass is 10.1. The summed E-state index contributed by atoms with van der Waals surface area (Å²) in [6, 6.07) is 16.6. The van der Waals surface area contributed by atoms with E-state index in [9.17, 15) is 14.4 Å². The molecule has 152 valence electrons. The van der Waals surface area contributed by atoms with Gasteiger partial charge in [-0.25, -0.2) is 0 Å². The summed E-state index contributed by atoms with van der Waals surface area (Å²) in [4.78, 5) is 36.7. The third-order valence-electron chi connectivity index (χ3n) is 4.30. The number of thioether (sulfide) groups is 1. The molecule has 29 heavy (non-hydrogen) atoms. The Morgan fingerprint density at radius 3 is 2.38 bits per heavy atom. The van der Waals surface area contributed by atoms with Gasteiger partial charge >= 0.3 is 5.97 Å². The Balaban J connectivity index is 1.47. The lowest BCUT2D eigenvalue weighted by Crippen LogP contribution is -2.34. The summed E-state index contributed by atoms with van der Waals surface area (Å²) in [6.07, 6.45) is 0.923. The van der Waals surface area contributed by atoms with Gasteiger partial charge in [-0.15, -0.1) is 11.8 Å².